The van der Waals surface area contributed by atoms with Crippen molar-refractivity contribution < 1.29 is 18.7 Å². The van der Waals surface area contributed by atoms with Gasteiger partial charge in [-0.15, -0.1) is 0 Å². The minimum Gasteiger partial charge on any atom is -0.452 e. The highest BCUT2D eigenvalue weighted by Crippen LogP contribution is 2.20. The number of nitrogens with one attached hydrogen (secondary N) is 1. The number of hydrogen-bond donors (Lipinski definition) is 1. The molecule has 5 nitrogen and oxygen atoms in total. The number of halogens is 2. The third-order valence-electron chi connectivity index (χ3n) is 4.17. The molecular formula is C21H18ClFN2O3. The lowest BCUT2D eigenvalue weighted by Crippen LogP contribution is -2.21. The molecule has 0 unspecified atom stereocenters. The lowest BCUT2D eigenvalue weighted by atomic mass is 10.2. The molecule has 2 aromatic carbocycles. The fraction of sp³-hybridized carbons (Fsp3) is 0.143. The molecule has 1 heterocycles. The van der Waals surface area contributed by atoms with E-state index in [1.807, 2.05) is 26.0 Å². The highest BCUT2D eigenvalue weighted by Gasteiger charge is 2.13. The Balaban J connectivity index is 1.60. The van der Waals surface area contributed by atoms with Crippen LogP contribution >= 0.6 is 11.6 Å². The smallest absolute Gasteiger partial charge is 0.338 e. The summed E-state index contributed by atoms with van der Waals surface area (Å²) < 4.78 is 20.7. The minimum atomic E-state index is -0.662. The first kappa shape index (κ1) is 19.6. The van der Waals surface area contributed by atoms with Crippen LogP contribution in [-0.2, 0) is 9.53 Å². The van der Waals surface area contributed by atoms with Crippen LogP contribution in [-0.4, -0.2) is 23.1 Å². The predicted molar refractivity (Wildman–Crippen MR) is 106 cm³/mol. The quantitative estimate of drug-likeness (QED) is 0.632. The molecule has 0 aliphatic carbocycles. The Kier molecular flexibility index (Phi) is 5.80. The van der Waals surface area contributed by atoms with Crippen molar-refractivity contribution in [1.82, 2.24) is 4.57 Å². The topological polar surface area (TPSA) is 60.3 Å². The lowest BCUT2D eigenvalue weighted by molar-refractivity contribution is -0.119. The second kappa shape index (κ2) is 8.27. The molecule has 1 aromatic heterocycles. The normalized spacial score (nSPS) is 10.6. The molecule has 0 saturated carbocycles. The molecule has 0 radical (unpaired) electrons. The Morgan fingerprint density at radius 1 is 1.04 bits per heavy atom. The highest BCUT2D eigenvalue weighted by molar-refractivity contribution is 6.30. The van der Waals surface area contributed by atoms with E-state index < -0.39 is 24.3 Å². The van der Waals surface area contributed by atoms with E-state index in [9.17, 15) is 14.0 Å². The van der Waals surface area contributed by atoms with Crippen molar-refractivity contribution in [2.24, 2.45) is 0 Å². The summed E-state index contributed by atoms with van der Waals surface area (Å²) in [6.45, 7) is 3.45. The molecule has 1 N–H and O–H groups in total. The number of nitrogens with zero attached hydrogens (tertiary/aromatic N) is 1. The highest BCUT2D eigenvalue weighted by atomic mass is 35.5. The summed E-state index contributed by atoms with van der Waals surface area (Å²) in [5.41, 5.74) is 3.32. The first-order chi connectivity index (χ1) is 13.3. The second-order valence-corrected chi connectivity index (χ2v) is 6.68. The molecule has 0 aliphatic rings. The van der Waals surface area contributed by atoms with Gasteiger partial charge in [-0.3, -0.25) is 4.79 Å². The number of carbonyl (C=O) groups excluding carboxylic acids is 2. The van der Waals surface area contributed by atoms with Crippen LogP contribution in [0.4, 0.5) is 10.1 Å². The fourth-order valence-electron chi connectivity index (χ4n) is 2.82. The van der Waals surface area contributed by atoms with Crippen LogP contribution in [0.5, 0.6) is 0 Å². The number of esters is 1. The predicted octanol–water partition coefficient (Wildman–Crippen LogP) is 4.68. The number of rotatable bonds is 5. The van der Waals surface area contributed by atoms with Gasteiger partial charge in [0.2, 0.25) is 0 Å². The molecule has 0 atom stereocenters. The van der Waals surface area contributed by atoms with Gasteiger partial charge in [-0.25, -0.2) is 9.18 Å². The molecule has 3 aromatic rings. The number of carbonyl (C=O) groups is 2. The molecule has 0 saturated heterocycles. The fourth-order valence-corrected chi connectivity index (χ4v) is 2.99. The maximum Gasteiger partial charge on any atom is 0.338 e. The summed E-state index contributed by atoms with van der Waals surface area (Å²) in [5.74, 6) is -1.94. The molecule has 0 fully saturated rings. The van der Waals surface area contributed by atoms with Crippen LogP contribution in [0, 0.1) is 19.7 Å². The van der Waals surface area contributed by atoms with E-state index in [0.717, 1.165) is 23.1 Å². The number of benzene rings is 2. The Bertz CT molecular complexity index is 1010. The standard InChI is InChI=1S/C21H18ClFN2O3/c1-13-3-4-14(2)25(13)17-8-5-15(6-9-17)21(27)28-12-20(26)24-19-11-16(22)7-10-18(19)23/h3-11H,12H2,1-2H3,(H,24,26). The maximum absolute atomic E-state index is 13.6. The zero-order chi connectivity index (χ0) is 20.3. The van der Waals surface area contributed by atoms with Crippen LogP contribution in [0.25, 0.3) is 5.69 Å². The third-order valence-corrected chi connectivity index (χ3v) is 4.40. The number of hydrogen-bond acceptors (Lipinski definition) is 3. The van der Waals surface area contributed by atoms with Gasteiger partial charge in [-0.2, -0.15) is 0 Å². The SMILES string of the molecule is Cc1ccc(C)n1-c1ccc(C(=O)OCC(=O)Nc2cc(Cl)ccc2F)cc1. The van der Waals surface area contributed by atoms with Crippen molar-refractivity contribution >= 4 is 29.2 Å². The molecule has 1 amide bonds. The molecule has 0 spiro atoms. The van der Waals surface area contributed by atoms with E-state index >= 15 is 0 Å². The van der Waals surface area contributed by atoms with E-state index in [1.54, 1.807) is 24.3 Å². The van der Waals surface area contributed by atoms with Crippen LogP contribution in [0.1, 0.15) is 21.7 Å². The van der Waals surface area contributed by atoms with Gasteiger partial charge in [-0.05, 0) is 68.4 Å². The van der Waals surface area contributed by atoms with Crippen molar-refractivity contribution in [1.29, 1.82) is 0 Å². The van der Waals surface area contributed by atoms with Gasteiger partial charge in [-0.1, -0.05) is 11.6 Å². The maximum atomic E-state index is 13.6. The molecule has 0 bridgehead atoms. The zero-order valence-corrected chi connectivity index (χ0v) is 16.1. The van der Waals surface area contributed by atoms with Gasteiger partial charge >= 0.3 is 5.97 Å². The van der Waals surface area contributed by atoms with E-state index in [0.29, 0.717) is 5.56 Å². The summed E-state index contributed by atoms with van der Waals surface area (Å²) in [5, 5.41) is 2.60. The zero-order valence-electron chi connectivity index (χ0n) is 15.3. The summed E-state index contributed by atoms with van der Waals surface area (Å²) in [7, 11) is 0. The number of anilines is 1. The van der Waals surface area contributed by atoms with Gasteiger partial charge in [0.25, 0.3) is 5.91 Å². The number of aromatic nitrogens is 1. The van der Waals surface area contributed by atoms with E-state index in [4.69, 9.17) is 16.3 Å². The van der Waals surface area contributed by atoms with Crippen molar-refractivity contribution in [3.05, 3.63) is 82.4 Å². The Morgan fingerprint density at radius 2 is 1.68 bits per heavy atom. The van der Waals surface area contributed by atoms with Crippen LogP contribution < -0.4 is 5.32 Å². The minimum absolute atomic E-state index is 0.0737. The van der Waals surface area contributed by atoms with Gasteiger partial charge < -0.3 is 14.6 Å². The van der Waals surface area contributed by atoms with Gasteiger partial charge in [0.15, 0.2) is 6.61 Å². The Labute approximate surface area is 166 Å². The molecular weight excluding hydrogens is 383 g/mol. The van der Waals surface area contributed by atoms with E-state index in [1.165, 1.54) is 12.1 Å². The van der Waals surface area contributed by atoms with E-state index in [-0.39, 0.29) is 10.7 Å². The number of amides is 1. The molecule has 144 valence electrons. The molecule has 3 rings (SSSR count). The summed E-state index contributed by atoms with van der Waals surface area (Å²) >= 11 is 5.77. The lowest BCUT2D eigenvalue weighted by Gasteiger charge is -2.10. The van der Waals surface area contributed by atoms with Gasteiger partial charge in [0, 0.05) is 22.1 Å². The Morgan fingerprint density at radius 3 is 2.32 bits per heavy atom. The van der Waals surface area contributed by atoms with Gasteiger partial charge in [0.1, 0.15) is 5.82 Å². The number of aryl methyl sites for hydroxylation is 2. The first-order valence-electron chi connectivity index (χ1n) is 8.52. The molecule has 28 heavy (non-hydrogen) atoms. The largest absolute Gasteiger partial charge is 0.452 e. The monoisotopic (exact) mass is 400 g/mol. The summed E-state index contributed by atoms with van der Waals surface area (Å²) in [6, 6.07) is 14.7. The summed E-state index contributed by atoms with van der Waals surface area (Å²) in [6.07, 6.45) is 0. The average Bonchev–Trinajstić information content (AvgIpc) is 3.01. The van der Waals surface area contributed by atoms with Crippen molar-refractivity contribution in [3.8, 4) is 5.69 Å². The van der Waals surface area contributed by atoms with Gasteiger partial charge in [0.05, 0.1) is 11.3 Å². The van der Waals surface area contributed by atoms with Crippen molar-refractivity contribution in [2.45, 2.75) is 13.8 Å². The molecule has 7 heteroatoms. The number of ether oxygens (including phenoxy) is 1. The average molecular weight is 401 g/mol. The van der Waals surface area contributed by atoms with E-state index in [2.05, 4.69) is 9.88 Å². The van der Waals surface area contributed by atoms with Crippen molar-refractivity contribution in [2.75, 3.05) is 11.9 Å². The summed E-state index contributed by atoms with van der Waals surface area (Å²) in [4.78, 5) is 24.0. The Hall–Kier alpha value is -3.12. The second-order valence-electron chi connectivity index (χ2n) is 6.25. The first-order valence-corrected chi connectivity index (χ1v) is 8.90. The van der Waals surface area contributed by atoms with Crippen LogP contribution in [0.2, 0.25) is 5.02 Å². The third kappa shape index (κ3) is 4.40. The molecule has 0 aliphatic heterocycles. The van der Waals surface area contributed by atoms with Crippen LogP contribution in [0.3, 0.4) is 0 Å². The van der Waals surface area contributed by atoms with Crippen LogP contribution in [0.15, 0.2) is 54.6 Å². The van der Waals surface area contributed by atoms with Crippen molar-refractivity contribution in [3.63, 3.8) is 0 Å².